The molecular formula is C23H28N6O. The number of methoxy groups -OCH3 is 1. The lowest BCUT2D eigenvalue weighted by Gasteiger charge is -2.37. The van der Waals surface area contributed by atoms with E-state index in [1.54, 1.807) is 13.3 Å². The minimum Gasteiger partial charge on any atom is -0.497 e. The van der Waals surface area contributed by atoms with Crippen molar-refractivity contribution in [2.45, 2.75) is 6.54 Å². The molecule has 1 aliphatic heterocycles. The number of hydrogen-bond donors (Lipinski definition) is 1. The first-order chi connectivity index (χ1) is 14.8. The summed E-state index contributed by atoms with van der Waals surface area (Å²) in [7, 11) is 3.55. The van der Waals surface area contributed by atoms with Crippen molar-refractivity contribution in [1.82, 2.24) is 19.8 Å². The average Bonchev–Trinajstić information content (AvgIpc) is 3.35. The summed E-state index contributed by atoms with van der Waals surface area (Å²) >= 11 is 0. The number of imidazole rings is 1. The molecule has 7 nitrogen and oxygen atoms in total. The van der Waals surface area contributed by atoms with Crippen molar-refractivity contribution in [3.63, 3.8) is 0 Å². The van der Waals surface area contributed by atoms with Gasteiger partial charge in [0.05, 0.1) is 19.1 Å². The molecule has 0 spiro atoms. The van der Waals surface area contributed by atoms with Crippen LogP contribution in [0.25, 0.3) is 5.69 Å². The second-order valence-electron chi connectivity index (χ2n) is 7.18. The standard InChI is InChI=1S/C23H28N6O/c1-24-23(26-17-19-6-3-4-9-22(19)29-11-10-25-18-29)28-14-12-27(13-15-28)20-7-5-8-21(16-20)30-2/h3-11,16,18H,12-15,17H2,1-2H3,(H,24,26). The van der Waals surface area contributed by atoms with E-state index in [-0.39, 0.29) is 0 Å². The Kier molecular flexibility index (Phi) is 6.17. The maximum absolute atomic E-state index is 5.36. The highest BCUT2D eigenvalue weighted by molar-refractivity contribution is 5.80. The van der Waals surface area contributed by atoms with Crippen molar-refractivity contribution in [2.24, 2.45) is 4.99 Å². The van der Waals surface area contributed by atoms with Gasteiger partial charge in [-0.3, -0.25) is 4.99 Å². The molecule has 0 aliphatic carbocycles. The Morgan fingerprint density at radius 1 is 1.10 bits per heavy atom. The van der Waals surface area contributed by atoms with Gasteiger partial charge in [0.15, 0.2) is 5.96 Å². The lowest BCUT2D eigenvalue weighted by molar-refractivity contribution is 0.372. The maximum Gasteiger partial charge on any atom is 0.194 e. The van der Waals surface area contributed by atoms with Gasteiger partial charge in [0.2, 0.25) is 0 Å². The molecule has 0 radical (unpaired) electrons. The van der Waals surface area contributed by atoms with E-state index in [0.29, 0.717) is 6.54 Å². The number of para-hydroxylation sites is 1. The molecule has 7 heteroatoms. The molecule has 4 rings (SSSR count). The van der Waals surface area contributed by atoms with E-state index < -0.39 is 0 Å². The number of guanidine groups is 1. The molecule has 2 heterocycles. The van der Waals surface area contributed by atoms with Gasteiger partial charge in [-0.25, -0.2) is 4.98 Å². The van der Waals surface area contributed by atoms with E-state index in [1.807, 2.05) is 42.3 Å². The third-order valence-corrected chi connectivity index (χ3v) is 5.42. The van der Waals surface area contributed by atoms with Crippen molar-refractivity contribution in [2.75, 3.05) is 45.2 Å². The van der Waals surface area contributed by atoms with E-state index in [4.69, 9.17) is 4.74 Å². The molecule has 0 bridgehead atoms. The Hall–Kier alpha value is -3.48. The Bertz CT molecular complexity index is 977. The maximum atomic E-state index is 5.36. The van der Waals surface area contributed by atoms with Crippen molar-refractivity contribution >= 4 is 11.6 Å². The average molecular weight is 405 g/mol. The largest absolute Gasteiger partial charge is 0.497 e. The number of benzene rings is 2. The van der Waals surface area contributed by atoms with Crippen LogP contribution in [0.15, 0.2) is 72.2 Å². The number of piperazine rings is 1. The van der Waals surface area contributed by atoms with E-state index in [0.717, 1.165) is 43.6 Å². The van der Waals surface area contributed by atoms with Crippen molar-refractivity contribution in [3.8, 4) is 11.4 Å². The lowest BCUT2D eigenvalue weighted by Crippen LogP contribution is -2.52. The van der Waals surface area contributed by atoms with Crippen LogP contribution in [-0.4, -0.2) is 60.7 Å². The fraction of sp³-hybridized carbons (Fsp3) is 0.304. The molecule has 1 aromatic heterocycles. The number of ether oxygens (including phenoxy) is 1. The SMILES string of the molecule is CN=C(NCc1ccccc1-n1ccnc1)N1CCN(c2cccc(OC)c2)CC1. The molecule has 30 heavy (non-hydrogen) atoms. The fourth-order valence-corrected chi connectivity index (χ4v) is 3.80. The van der Waals surface area contributed by atoms with Gasteiger partial charge in [0.1, 0.15) is 5.75 Å². The zero-order valence-electron chi connectivity index (χ0n) is 17.5. The first-order valence-electron chi connectivity index (χ1n) is 10.2. The summed E-state index contributed by atoms with van der Waals surface area (Å²) in [5.74, 6) is 1.82. The normalized spacial score (nSPS) is 14.7. The Morgan fingerprint density at radius 2 is 1.93 bits per heavy atom. The summed E-state index contributed by atoms with van der Waals surface area (Å²) in [5.41, 5.74) is 3.53. The molecule has 1 fully saturated rings. The van der Waals surface area contributed by atoms with Crippen LogP contribution < -0.4 is 15.0 Å². The molecule has 1 N–H and O–H groups in total. The number of anilines is 1. The van der Waals surface area contributed by atoms with E-state index in [9.17, 15) is 0 Å². The van der Waals surface area contributed by atoms with Gasteiger partial charge in [0.25, 0.3) is 0 Å². The predicted molar refractivity (Wildman–Crippen MR) is 121 cm³/mol. The van der Waals surface area contributed by atoms with Gasteiger partial charge in [-0.05, 0) is 23.8 Å². The number of hydrogen-bond acceptors (Lipinski definition) is 4. The van der Waals surface area contributed by atoms with Gasteiger partial charge >= 0.3 is 0 Å². The number of nitrogens with zero attached hydrogens (tertiary/aromatic N) is 5. The second-order valence-corrected chi connectivity index (χ2v) is 7.18. The summed E-state index contributed by atoms with van der Waals surface area (Å²) in [5, 5.41) is 3.53. The highest BCUT2D eigenvalue weighted by atomic mass is 16.5. The van der Waals surface area contributed by atoms with Crippen molar-refractivity contribution in [1.29, 1.82) is 0 Å². The highest BCUT2D eigenvalue weighted by Gasteiger charge is 2.20. The minimum atomic E-state index is 0.705. The molecule has 0 unspecified atom stereocenters. The number of rotatable bonds is 5. The molecule has 156 valence electrons. The van der Waals surface area contributed by atoms with Crippen molar-refractivity contribution < 1.29 is 4.74 Å². The Labute approximate surface area is 177 Å². The summed E-state index contributed by atoms with van der Waals surface area (Å²) in [6, 6.07) is 16.6. The summed E-state index contributed by atoms with van der Waals surface area (Å²) in [6.45, 7) is 4.43. The van der Waals surface area contributed by atoms with Crippen LogP contribution >= 0.6 is 0 Å². The Morgan fingerprint density at radius 3 is 2.67 bits per heavy atom. The summed E-state index contributed by atoms with van der Waals surface area (Å²) in [6.07, 6.45) is 5.59. The first-order valence-corrected chi connectivity index (χ1v) is 10.2. The third kappa shape index (κ3) is 4.40. The minimum absolute atomic E-state index is 0.705. The molecule has 2 aromatic carbocycles. The van der Waals surface area contributed by atoms with Gasteiger partial charge < -0.3 is 24.4 Å². The first kappa shape index (κ1) is 19.8. The smallest absolute Gasteiger partial charge is 0.194 e. The molecule has 0 atom stereocenters. The quantitative estimate of drug-likeness (QED) is 0.524. The van der Waals surface area contributed by atoms with Crippen LogP contribution in [0.3, 0.4) is 0 Å². The van der Waals surface area contributed by atoms with Gasteiger partial charge in [-0.2, -0.15) is 0 Å². The fourth-order valence-electron chi connectivity index (χ4n) is 3.80. The molecular weight excluding hydrogens is 376 g/mol. The monoisotopic (exact) mass is 404 g/mol. The highest BCUT2D eigenvalue weighted by Crippen LogP contribution is 2.22. The second kappa shape index (κ2) is 9.35. The van der Waals surface area contributed by atoms with E-state index >= 15 is 0 Å². The summed E-state index contributed by atoms with van der Waals surface area (Å²) < 4.78 is 7.40. The topological polar surface area (TPSA) is 57.9 Å². The Balaban J connectivity index is 1.37. The van der Waals surface area contributed by atoms with Crippen LogP contribution in [0.1, 0.15) is 5.56 Å². The molecule has 3 aromatic rings. The summed E-state index contributed by atoms with van der Waals surface area (Å²) in [4.78, 5) is 13.4. The van der Waals surface area contributed by atoms with Gasteiger partial charge in [-0.1, -0.05) is 24.3 Å². The third-order valence-electron chi connectivity index (χ3n) is 5.42. The molecule has 1 aliphatic rings. The number of nitrogens with one attached hydrogen (secondary N) is 1. The predicted octanol–water partition coefficient (Wildman–Crippen LogP) is 2.78. The number of aromatic nitrogens is 2. The molecule has 1 saturated heterocycles. The van der Waals surface area contributed by atoms with Crippen LogP contribution in [0.4, 0.5) is 5.69 Å². The van der Waals surface area contributed by atoms with Gasteiger partial charge in [0, 0.05) is 63.9 Å². The molecule has 0 saturated carbocycles. The lowest BCUT2D eigenvalue weighted by atomic mass is 10.1. The van der Waals surface area contributed by atoms with Crippen LogP contribution in [0, 0.1) is 0 Å². The van der Waals surface area contributed by atoms with Crippen molar-refractivity contribution in [3.05, 3.63) is 72.8 Å². The molecule has 0 amide bonds. The van der Waals surface area contributed by atoms with E-state index in [1.165, 1.54) is 11.3 Å². The van der Waals surface area contributed by atoms with Crippen LogP contribution in [0.2, 0.25) is 0 Å². The van der Waals surface area contributed by atoms with Gasteiger partial charge in [-0.15, -0.1) is 0 Å². The van der Waals surface area contributed by atoms with Crippen LogP contribution in [-0.2, 0) is 6.54 Å². The zero-order valence-corrected chi connectivity index (χ0v) is 17.5. The number of aliphatic imine (C=N–C) groups is 1. The zero-order chi connectivity index (χ0) is 20.8. The van der Waals surface area contributed by atoms with E-state index in [2.05, 4.69) is 55.4 Å². The van der Waals surface area contributed by atoms with Crippen LogP contribution in [0.5, 0.6) is 5.75 Å².